The van der Waals surface area contributed by atoms with Gasteiger partial charge in [-0.05, 0) is 53.8 Å². The van der Waals surface area contributed by atoms with Crippen molar-refractivity contribution in [3.63, 3.8) is 0 Å². The standard InChI is InChI=1S/C16H15FO2/c1-10-3-4-12(7-11(10)2)13-5-6-15(17)14(8-13)9-16(18)19/h3-8H,9H2,1-2H3,(H,18,19). The molecular formula is C16H15FO2. The minimum atomic E-state index is -1.03. The summed E-state index contributed by atoms with van der Waals surface area (Å²) in [5, 5.41) is 8.77. The third kappa shape index (κ3) is 2.99. The van der Waals surface area contributed by atoms with Crippen molar-refractivity contribution in [3.8, 4) is 11.1 Å². The zero-order chi connectivity index (χ0) is 14.0. The predicted molar refractivity (Wildman–Crippen MR) is 72.6 cm³/mol. The molecule has 0 amide bonds. The summed E-state index contributed by atoms with van der Waals surface area (Å²) in [7, 11) is 0. The van der Waals surface area contributed by atoms with E-state index in [0.29, 0.717) is 0 Å². The van der Waals surface area contributed by atoms with E-state index in [1.807, 2.05) is 32.0 Å². The second-order valence-corrected chi connectivity index (χ2v) is 4.68. The molecule has 2 aromatic carbocycles. The third-order valence-corrected chi connectivity index (χ3v) is 3.23. The summed E-state index contributed by atoms with van der Waals surface area (Å²) in [5.74, 6) is -1.51. The van der Waals surface area contributed by atoms with E-state index in [1.165, 1.54) is 11.6 Å². The Bertz CT molecular complexity index is 633. The lowest BCUT2D eigenvalue weighted by atomic mass is 9.98. The first kappa shape index (κ1) is 13.3. The Kier molecular flexibility index (Phi) is 3.65. The maximum absolute atomic E-state index is 13.5. The summed E-state index contributed by atoms with van der Waals surface area (Å²) in [6, 6.07) is 10.6. The van der Waals surface area contributed by atoms with Gasteiger partial charge < -0.3 is 5.11 Å². The van der Waals surface area contributed by atoms with Crippen LogP contribution in [0.4, 0.5) is 4.39 Å². The molecule has 0 aliphatic carbocycles. The average molecular weight is 258 g/mol. The molecule has 0 aromatic heterocycles. The Balaban J connectivity index is 2.44. The number of aryl methyl sites for hydroxylation is 2. The second kappa shape index (κ2) is 5.22. The van der Waals surface area contributed by atoms with Crippen molar-refractivity contribution in [2.45, 2.75) is 20.3 Å². The normalized spacial score (nSPS) is 10.5. The molecule has 19 heavy (non-hydrogen) atoms. The summed E-state index contributed by atoms with van der Waals surface area (Å²) < 4.78 is 13.5. The van der Waals surface area contributed by atoms with Crippen molar-refractivity contribution in [2.75, 3.05) is 0 Å². The van der Waals surface area contributed by atoms with E-state index in [2.05, 4.69) is 0 Å². The molecule has 0 heterocycles. The van der Waals surface area contributed by atoms with Crippen molar-refractivity contribution < 1.29 is 14.3 Å². The van der Waals surface area contributed by atoms with Gasteiger partial charge in [-0.2, -0.15) is 0 Å². The quantitative estimate of drug-likeness (QED) is 0.910. The van der Waals surface area contributed by atoms with Gasteiger partial charge in [0, 0.05) is 0 Å². The highest BCUT2D eigenvalue weighted by molar-refractivity contribution is 5.72. The van der Waals surface area contributed by atoms with Crippen LogP contribution in [0.15, 0.2) is 36.4 Å². The van der Waals surface area contributed by atoms with Gasteiger partial charge in [0.1, 0.15) is 5.82 Å². The Hall–Kier alpha value is -2.16. The summed E-state index contributed by atoms with van der Waals surface area (Å²) in [5.41, 5.74) is 4.36. The maximum Gasteiger partial charge on any atom is 0.307 e. The number of rotatable bonds is 3. The Morgan fingerprint density at radius 1 is 1.05 bits per heavy atom. The molecule has 1 N–H and O–H groups in total. The lowest BCUT2D eigenvalue weighted by Gasteiger charge is -2.08. The first-order valence-corrected chi connectivity index (χ1v) is 6.05. The summed E-state index contributed by atoms with van der Waals surface area (Å²) in [4.78, 5) is 10.7. The van der Waals surface area contributed by atoms with Crippen LogP contribution in [0.3, 0.4) is 0 Å². The second-order valence-electron chi connectivity index (χ2n) is 4.68. The summed E-state index contributed by atoms with van der Waals surface area (Å²) >= 11 is 0. The molecule has 0 fully saturated rings. The molecule has 0 bridgehead atoms. The van der Waals surface area contributed by atoms with Gasteiger partial charge in [0.15, 0.2) is 0 Å². The predicted octanol–water partition coefficient (Wildman–Crippen LogP) is 3.74. The van der Waals surface area contributed by atoms with Gasteiger partial charge in [-0.15, -0.1) is 0 Å². The number of aliphatic carboxylic acids is 1. The zero-order valence-corrected chi connectivity index (χ0v) is 10.9. The van der Waals surface area contributed by atoms with Crippen molar-refractivity contribution in [2.24, 2.45) is 0 Å². The van der Waals surface area contributed by atoms with Gasteiger partial charge in [-0.3, -0.25) is 4.79 Å². The lowest BCUT2D eigenvalue weighted by Crippen LogP contribution is -2.02. The molecule has 0 atom stereocenters. The molecular weight excluding hydrogens is 243 g/mol. The van der Waals surface area contributed by atoms with Gasteiger partial charge >= 0.3 is 5.97 Å². The van der Waals surface area contributed by atoms with E-state index in [-0.39, 0.29) is 12.0 Å². The lowest BCUT2D eigenvalue weighted by molar-refractivity contribution is -0.136. The number of carboxylic acids is 1. The molecule has 2 nitrogen and oxygen atoms in total. The smallest absolute Gasteiger partial charge is 0.307 e. The van der Waals surface area contributed by atoms with Crippen molar-refractivity contribution >= 4 is 5.97 Å². The Morgan fingerprint density at radius 2 is 1.68 bits per heavy atom. The minimum absolute atomic E-state index is 0.211. The number of hydrogen-bond donors (Lipinski definition) is 1. The van der Waals surface area contributed by atoms with Crippen LogP contribution >= 0.6 is 0 Å². The number of hydrogen-bond acceptors (Lipinski definition) is 1. The first-order valence-electron chi connectivity index (χ1n) is 6.05. The molecule has 3 heteroatoms. The highest BCUT2D eigenvalue weighted by atomic mass is 19.1. The van der Waals surface area contributed by atoms with Gasteiger partial charge in [0.2, 0.25) is 0 Å². The van der Waals surface area contributed by atoms with E-state index in [4.69, 9.17) is 5.11 Å². The molecule has 2 aromatic rings. The molecule has 2 rings (SSSR count). The van der Waals surface area contributed by atoms with Crippen molar-refractivity contribution in [1.82, 2.24) is 0 Å². The number of carbonyl (C=O) groups is 1. The van der Waals surface area contributed by atoms with E-state index in [0.717, 1.165) is 16.7 Å². The number of benzene rings is 2. The Morgan fingerprint density at radius 3 is 2.32 bits per heavy atom. The fourth-order valence-electron chi connectivity index (χ4n) is 1.97. The third-order valence-electron chi connectivity index (χ3n) is 3.23. The van der Waals surface area contributed by atoms with Crippen LogP contribution in [0.25, 0.3) is 11.1 Å². The zero-order valence-electron chi connectivity index (χ0n) is 10.9. The molecule has 0 saturated carbocycles. The van der Waals surface area contributed by atoms with Crippen LogP contribution in [-0.4, -0.2) is 11.1 Å². The van der Waals surface area contributed by atoms with E-state index < -0.39 is 11.8 Å². The fraction of sp³-hybridized carbons (Fsp3) is 0.188. The van der Waals surface area contributed by atoms with Gasteiger partial charge in [-0.1, -0.05) is 24.3 Å². The van der Waals surface area contributed by atoms with Crippen molar-refractivity contribution in [3.05, 3.63) is 58.9 Å². The summed E-state index contributed by atoms with van der Waals surface area (Å²) in [6.45, 7) is 4.04. The van der Waals surface area contributed by atoms with Crippen LogP contribution in [0.1, 0.15) is 16.7 Å². The van der Waals surface area contributed by atoms with E-state index in [9.17, 15) is 9.18 Å². The largest absolute Gasteiger partial charge is 0.481 e. The number of halogens is 1. The highest BCUT2D eigenvalue weighted by Crippen LogP contribution is 2.24. The van der Waals surface area contributed by atoms with Crippen LogP contribution < -0.4 is 0 Å². The van der Waals surface area contributed by atoms with Gasteiger partial charge in [0.25, 0.3) is 0 Å². The van der Waals surface area contributed by atoms with Crippen LogP contribution in [0.5, 0.6) is 0 Å². The van der Waals surface area contributed by atoms with E-state index >= 15 is 0 Å². The molecule has 0 radical (unpaired) electrons. The molecule has 0 aliphatic rings. The minimum Gasteiger partial charge on any atom is -0.481 e. The highest BCUT2D eigenvalue weighted by Gasteiger charge is 2.09. The topological polar surface area (TPSA) is 37.3 Å². The fourth-order valence-corrected chi connectivity index (χ4v) is 1.97. The first-order chi connectivity index (χ1) is 8.97. The van der Waals surface area contributed by atoms with Crippen LogP contribution in [-0.2, 0) is 11.2 Å². The Labute approximate surface area is 111 Å². The maximum atomic E-state index is 13.5. The molecule has 0 unspecified atom stereocenters. The van der Waals surface area contributed by atoms with Gasteiger partial charge in [-0.25, -0.2) is 4.39 Å². The van der Waals surface area contributed by atoms with Gasteiger partial charge in [0.05, 0.1) is 6.42 Å². The van der Waals surface area contributed by atoms with Crippen LogP contribution in [0, 0.1) is 19.7 Å². The molecule has 0 saturated heterocycles. The molecule has 0 aliphatic heterocycles. The monoisotopic (exact) mass is 258 g/mol. The molecule has 0 spiro atoms. The van der Waals surface area contributed by atoms with E-state index in [1.54, 1.807) is 12.1 Å². The SMILES string of the molecule is Cc1ccc(-c2ccc(F)c(CC(=O)O)c2)cc1C. The van der Waals surface area contributed by atoms with Crippen LogP contribution in [0.2, 0.25) is 0 Å². The summed E-state index contributed by atoms with van der Waals surface area (Å²) in [6.07, 6.45) is -0.301. The number of carboxylic acid groups (broad SMARTS) is 1. The molecule has 98 valence electrons. The van der Waals surface area contributed by atoms with Crippen molar-refractivity contribution in [1.29, 1.82) is 0 Å². The average Bonchev–Trinajstić information content (AvgIpc) is 2.35.